The van der Waals surface area contributed by atoms with Crippen molar-refractivity contribution in [2.45, 2.75) is 12.5 Å². The summed E-state index contributed by atoms with van der Waals surface area (Å²) in [6.45, 7) is 1.64. The minimum Gasteiger partial charge on any atom is -0.380 e. The second-order valence-electron chi connectivity index (χ2n) is 4.84. The second-order valence-corrected chi connectivity index (χ2v) is 6.34. The highest BCUT2D eigenvalue weighted by Crippen LogP contribution is 2.39. The van der Waals surface area contributed by atoms with Crippen LogP contribution in [0.5, 0.6) is 0 Å². The predicted molar refractivity (Wildman–Crippen MR) is 81.9 cm³/mol. The molecule has 20 heavy (non-hydrogen) atoms. The van der Waals surface area contributed by atoms with Crippen molar-refractivity contribution in [1.29, 1.82) is 0 Å². The van der Waals surface area contributed by atoms with Gasteiger partial charge in [0.25, 0.3) is 0 Å². The molecule has 1 N–H and O–H groups in total. The molecule has 0 fully saturated rings. The Morgan fingerprint density at radius 3 is 2.65 bits per heavy atom. The van der Waals surface area contributed by atoms with E-state index in [0.29, 0.717) is 10.6 Å². The average Bonchev–Trinajstić information content (AvgIpc) is 2.86. The lowest BCUT2D eigenvalue weighted by molar-refractivity contribution is 0.106. The van der Waals surface area contributed by atoms with Crippen LogP contribution >= 0.6 is 22.9 Å². The Kier molecular flexibility index (Phi) is 3.28. The van der Waals surface area contributed by atoms with E-state index in [1.807, 2.05) is 30.3 Å². The molecule has 0 aliphatic heterocycles. The van der Waals surface area contributed by atoms with E-state index in [4.69, 9.17) is 11.6 Å². The van der Waals surface area contributed by atoms with E-state index in [1.54, 1.807) is 6.92 Å². The third kappa shape index (κ3) is 2.22. The van der Waals surface area contributed by atoms with E-state index in [2.05, 4.69) is 0 Å². The van der Waals surface area contributed by atoms with Crippen LogP contribution in [0.3, 0.4) is 0 Å². The monoisotopic (exact) mass is 306 g/mol. The summed E-state index contributed by atoms with van der Waals surface area (Å²) < 4.78 is 14.5. The minimum atomic E-state index is -1.32. The molecule has 0 bridgehead atoms. The molecule has 0 aliphatic rings. The summed E-state index contributed by atoms with van der Waals surface area (Å²) in [5.41, 5.74) is -0.936. The number of benzene rings is 2. The quantitative estimate of drug-likeness (QED) is 0.710. The fourth-order valence-corrected chi connectivity index (χ4v) is 3.65. The standard InChI is InChI=1S/C16H12ClFOS/c1-16(19,12-9-11(18)6-7-13(12)17)15-8-10-4-2-3-5-14(10)20-15/h2-9,19H,1H3. The molecule has 3 aromatic rings. The van der Waals surface area contributed by atoms with Gasteiger partial charge in [0.1, 0.15) is 11.4 Å². The molecular formula is C16H12ClFOS. The van der Waals surface area contributed by atoms with Crippen LogP contribution in [0.15, 0.2) is 48.5 Å². The van der Waals surface area contributed by atoms with E-state index in [-0.39, 0.29) is 0 Å². The Morgan fingerprint density at radius 2 is 1.90 bits per heavy atom. The van der Waals surface area contributed by atoms with Crippen LogP contribution in [0.25, 0.3) is 10.1 Å². The van der Waals surface area contributed by atoms with Gasteiger partial charge in [-0.05, 0) is 42.6 Å². The van der Waals surface area contributed by atoms with Crippen molar-refractivity contribution in [3.8, 4) is 0 Å². The summed E-state index contributed by atoms with van der Waals surface area (Å²) in [5.74, 6) is -0.411. The molecule has 1 nitrogen and oxygen atoms in total. The maximum absolute atomic E-state index is 13.4. The molecule has 1 atom stereocenters. The van der Waals surface area contributed by atoms with Gasteiger partial charge < -0.3 is 5.11 Å². The lowest BCUT2D eigenvalue weighted by Crippen LogP contribution is -2.22. The summed E-state index contributed by atoms with van der Waals surface area (Å²) >= 11 is 7.59. The van der Waals surface area contributed by atoms with E-state index in [0.717, 1.165) is 15.0 Å². The van der Waals surface area contributed by atoms with Crippen molar-refractivity contribution < 1.29 is 9.50 Å². The summed E-state index contributed by atoms with van der Waals surface area (Å²) in [5, 5.41) is 12.2. The van der Waals surface area contributed by atoms with Crippen LogP contribution in [-0.4, -0.2) is 5.11 Å². The second kappa shape index (κ2) is 4.85. The smallest absolute Gasteiger partial charge is 0.123 e. The van der Waals surface area contributed by atoms with Gasteiger partial charge in [-0.15, -0.1) is 11.3 Å². The molecule has 1 heterocycles. The molecule has 0 saturated carbocycles. The molecule has 3 rings (SSSR count). The third-order valence-electron chi connectivity index (χ3n) is 3.36. The highest BCUT2D eigenvalue weighted by molar-refractivity contribution is 7.19. The Labute approximate surface area is 125 Å². The lowest BCUT2D eigenvalue weighted by atomic mass is 9.94. The van der Waals surface area contributed by atoms with Gasteiger partial charge in [-0.1, -0.05) is 29.8 Å². The van der Waals surface area contributed by atoms with E-state index >= 15 is 0 Å². The lowest BCUT2D eigenvalue weighted by Gasteiger charge is -2.23. The first-order valence-corrected chi connectivity index (χ1v) is 7.35. The zero-order valence-corrected chi connectivity index (χ0v) is 12.3. The third-order valence-corrected chi connectivity index (χ3v) is 5.01. The van der Waals surface area contributed by atoms with Crippen LogP contribution in [0, 0.1) is 5.82 Å². The van der Waals surface area contributed by atoms with Gasteiger partial charge in [0.2, 0.25) is 0 Å². The molecule has 4 heteroatoms. The maximum Gasteiger partial charge on any atom is 0.123 e. The fraction of sp³-hybridized carbons (Fsp3) is 0.125. The maximum atomic E-state index is 13.4. The van der Waals surface area contributed by atoms with Gasteiger partial charge in [0.05, 0.1) is 0 Å². The van der Waals surface area contributed by atoms with E-state index in [9.17, 15) is 9.50 Å². The first-order chi connectivity index (χ1) is 9.48. The van der Waals surface area contributed by atoms with Gasteiger partial charge in [-0.3, -0.25) is 0 Å². The van der Waals surface area contributed by atoms with Crippen LogP contribution in [0.2, 0.25) is 5.02 Å². The summed E-state index contributed by atoms with van der Waals surface area (Å²) in [6.07, 6.45) is 0. The Hall–Kier alpha value is -1.42. The number of thiophene rings is 1. The zero-order valence-electron chi connectivity index (χ0n) is 10.7. The zero-order chi connectivity index (χ0) is 14.3. The Morgan fingerprint density at radius 1 is 1.15 bits per heavy atom. The summed E-state index contributed by atoms with van der Waals surface area (Å²) in [4.78, 5) is 0.742. The van der Waals surface area contributed by atoms with Crippen molar-refractivity contribution in [2.24, 2.45) is 0 Å². The molecule has 102 valence electrons. The predicted octanol–water partition coefficient (Wildman–Crippen LogP) is 4.95. The number of aliphatic hydroxyl groups is 1. The first-order valence-electron chi connectivity index (χ1n) is 6.15. The number of fused-ring (bicyclic) bond motifs is 1. The van der Waals surface area contributed by atoms with Gasteiger partial charge in [0, 0.05) is 20.2 Å². The molecule has 0 spiro atoms. The summed E-state index contributed by atoms with van der Waals surface area (Å²) in [6, 6.07) is 13.8. The van der Waals surface area contributed by atoms with Crippen LogP contribution in [-0.2, 0) is 5.60 Å². The number of hydrogen-bond donors (Lipinski definition) is 1. The van der Waals surface area contributed by atoms with Gasteiger partial charge in [0.15, 0.2) is 0 Å². The van der Waals surface area contributed by atoms with Crippen LogP contribution in [0.1, 0.15) is 17.4 Å². The van der Waals surface area contributed by atoms with Gasteiger partial charge >= 0.3 is 0 Å². The van der Waals surface area contributed by atoms with Crippen molar-refractivity contribution in [3.05, 3.63) is 69.8 Å². The van der Waals surface area contributed by atoms with Crippen molar-refractivity contribution in [2.75, 3.05) is 0 Å². The van der Waals surface area contributed by atoms with Crippen molar-refractivity contribution in [3.63, 3.8) is 0 Å². The molecule has 2 aromatic carbocycles. The molecule has 0 aliphatic carbocycles. The average molecular weight is 307 g/mol. The van der Waals surface area contributed by atoms with Crippen LogP contribution in [0.4, 0.5) is 4.39 Å². The molecule has 1 unspecified atom stereocenters. The highest BCUT2D eigenvalue weighted by Gasteiger charge is 2.30. The molecule has 0 radical (unpaired) electrons. The Balaban J connectivity index is 2.17. The molecule has 1 aromatic heterocycles. The van der Waals surface area contributed by atoms with Gasteiger partial charge in [-0.2, -0.15) is 0 Å². The molecular weight excluding hydrogens is 295 g/mol. The van der Waals surface area contributed by atoms with E-state index < -0.39 is 11.4 Å². The van der Waals surface area contributed by atoms with Crippen molar-refractivity contribution >= 4 is 33.0 Å². The number of halogens is 2. The van der Waals surface area contributed by atoms with Gasteiger partial charge in [-0.25, -0.2) is 4.39 Å². The summed E-state index contributed by atoms with van der Waals surface area (Å²) in [7, 11) is 0. The number of rotatable bonds is 2. The molecule has 0 saturated heterocycles. The Bertz CT molecular complexity index is 746. The minimum absolute atomic E-state index is 0.355. The highest BCUT2D eigenvalue weighted by atomic mass is 35.5. The SMILES string of the molecule is CC(O)(c1cc2ccccc2s1)c1cc(F)ccc1Cl. The fourth-order valence-electron chi connectivity index (χ4n) is 2.23. The van der Waals surface area contributed by atoms with Crippen LogP contribution < -0.4 is 0 Å². The first kappa shape index (κ1) is 13.6. The largest absolute Gasteiger partial charge is 0.380 e. The molecule has 0 amide bonds. The normalized spacial score (nSPS) is 14.4. The number of hydrogen-bond acceptors (Lipinski definition) is 2. The van der Waals surface area contributed by atoms with Crippen molar-refractivity contribution in [1.82, 2.24) is 0 Å². The van der Waals surface area contributed by atoms with E-state index in [1.165, 1.54) is 29.5 Å². The topological polar surface area (TPSA) is 20.2 Å².